The van der Waals surface area contributed by atoms with Crippen LogP contribution in [0.5, 0.6) is 0 Å². The summed E-state index contributed by atoms with van der Waals surface area (Å²) in [6, 6.07) is 15.7. The molecule has 0 unspecified atom stereocenters. The Balaban J connectivity index is 1.72. The number of amides is 1. The summed E-state index contributed by atoms with van der Waals surface area (Å²) in [4.78, 5) is 13.4. The number of aromatic nitrogens is 2. The molecule has 0 saturated carbocycles. The molecule has 1 amide bonds. The molecule has 0 radical (unpaired) electrons. The second kappa shape index (κ2) is 7.04. The molecular formula is C17H17N3OS. The zero-order chi connectivity index (χ0) is 15.2. The summed E-state index contributed by atoms with van der Waals surface area (Å²) < 4.78 is 1.84. The van der Waals surface area contributed by atoms with Gasteiger partial charge in [0.2, 0.25) is 5.91 Å². The number of carbonyl (C=O) groups excluding carboxylic acids is 1. The van der Waals surface area contributed by atoms with Crippen LogP contribution in [0.3, 0.4) is 0 Å². The van der Waals surface area contributed by atoms with Crippen molar-refractivity contribution in [3.05, 3.63) is 76.7 Å². The highest BCUT2D eigenvalue weighted by atomic mass is 32.1. The molecule has 0 aliphatic heterocycles. The Morgan fingerprint density at radius 2 is 2.05 bits per heavy atom. The predicted octanol–water partition coefficient (Wildman–Crippen LogP) is 3.04. The Morgan fingerprint density at radius 3 is 2.73 bits per heavy atom. The van der Waals surface area contributed by atoms with Gasteiger partial charge in [0.1, 0.15) is 0 Å². The number of nitrogens with one attached hydrogen (secondary N) is 1. The fraction of sp³-hybridized carbons (Fsp3) is 0.176. The van der Waals surface area contributed by atoms with Crippen LogP contribution in [0.15, 0.2) is 66.3 Å². The number of hydrogen-bond donors (Lipinski definition) is 1. The number of carbonyl (C=O) groups is 1. The lowest BCUT2D eigenvalue weighted by molar-refractivity contribution is -0.121. The summed E-state index contributed by atoms with van der Waals surface area (Å²) in [5, 5.41) is 9.34. The first-order valence-corrected chi connectivity index (χ1v) is 8.03. The quantitative estimate of drug-likeness (QED) is 0.760. The summed E-state index contributed by atoms with van der Waals surface area (Å²) in [6.45, 7) is 0.618. The number of hydrogen-bond acceptors (Lipinski definition) is 3. The predicted molar refractivity (Wildman–Crippen MR) is 87.6 cm³/mol. The lowest BCUT2D eigenvalue weighted by Gasteiger charge is -2.19. The molecule has 2 heterocycles. The molecule has 0 aliphatic carbocycles. The smallest absolute Gasteiger partial charge is 0.225 e. The van der Waals surface area contributed by atoms with E-state index in [1.807, 2.05) is 64.8 Å². The van der Waals surface area contributed by atoms with E-state index in [-0.39, 0.29) is 11.9 Å². The van der Waals surface area contributed by atoms with E-state index < -0.39 is 0 Å². The van der Waals surface area contributed by atoms with Gasteiger partial charge < -0.3 is 5.32 Å². The van der Waals surface area contributed by atoms with Crippen LogP contribution in [0.25, 0.3) is 0 Å². The molecule has 5 heteroatoms. The molecule has 3 rings (SSSR count). The van der Waals surface area contributed by atoms with Crippen LogP contribution in [0.2, 0.25) is 0 Å². The molecule has 0 aliphatic rings. The van der Waals surface area contributed by atoms with Gasteiger partial charge in [-0.2, -0.15) is 5.10 Å². The van der Waals surface area contributed by atoms with Gasteiger partial charge in [0.25, 0.3) is 0 Å². The Kier molecular flexibility index (Phi) is 4.65. The molecule has 4 nitrogen and oxygen atoms in total. The third-order valence-corrected chi connectivity index (χ3v) is 4.26. The summed E-state index contributed by atoms with van der Waals surface area (Å²) in [5.74, 6) is 0.0310. The van der Waals surface area contributed by atoms with Crippen molar-refractivity contribution in [2.45, 2.75) is 19.0 Å². The average molecular weight is 311 g/mol. The van der Waals surface area contributed by atoms with Crippen molar-refractivity contribution >= 4 is 17.2 Å². The molecule has 0 saturated heterocycles. The summed E-state index contributed by atoms with van der Waals surface area (Å²) in [5.41, 5.74) is 1.08. The molecular weight excluding hydrogens is 294 g/mol. The highest BCUT2D eigenvalue weighted by Crippen LogP contribution is 2.16. The van der Waals surface area contributed by atoms with Crippen LogP contribution in [0.1, 0.15) is 16.5 Å². The van der Waals surface area contributed by atoms with Gasteiger partial charge in [0.15, 0.2) is 0 Å². The maximum atomic E-state index is 12.3. The van der Waals surface area contributed by atoms with Gasteiger partial charge in [-0.15, -0.1) is 11.3 Å². The van der Waals surface area contributed by atoms with Crippen LogP contribution in [-0.2, 0) is 17.8 Å². The molecule has 0 fully saturated rings. The van der Waals surface area contributed by atoms with E-state index in [9.17, 15) is 4.79 Å². The van der Waals surface area contributed by atoms with Crippen molar-refractivity contribution in [1.29, 1.82) is 0 Å². The third-order valence-electron chi connectivity index (χ3n) is 3.38. The van der Waals surface area contributed by atoms with Crippen LogP contribution in [0.4, 0.5) is 0 Å². The van der Waals surface area contributed by atoms with Crippen LogP contribution < -0.4 is 5.32 Å². The first kappa shape index (κ1) is 14.5. The van der Waals surface area contributed by atoms with Crippen LogP contribution in [-0.4, -0.2) is 15.7 Å². The van der Waals surface area contributed by atoms with Crippen LogP contribution >= 0.6 is 11.3 Å². The van der Waals surface area contributed by atoms with Gasteiger partial charge in [-0.3, -0.25) is 9.48 Å². The van der Waals surface area contributed by atoms with Crippen molar-refractivity contribution in [2.24, 2.45) is 0 Å². The SMILES string of the molecule is O=C(Cc1cccs1)N[C@H](Cn1cccn1)c1ccccc1. The van der Waals surface area contributed by atoms with Crippen LogP contribution in [0, 0.1) is 0 Å². The minimum Gasteiger partial charge on any atom is -0.347 e. The lowest BCUT2D eigenvalue weighted by Crippen LogP contribution is -2.32. The summed E-state index contributed by atoms with van der Waals surface area (Å²) >= 11 is 1.60. The minimum atomic E-state index is -0.0893. The largest absolute Gasteiger partial charge is 0.347 e. The standard InChI is InChI=1S/C17H17N3OS/c21-17(12-15-8-4-11-22-15)19-16(13-20-10-5-9-18-20)14-6-2-1-3-7-14/h1-11,16H,12-13H2,(H,19,21)/t16-/m1/s1. The molecule has 1 atom stereocenters. The van der Waals surface area contributed by atoms with Crippen molar-refractivity contribution in [3.8, 4) is 0 Å². The Bertz CT molecular complexity index is 693. The topological polar surface area (TPSA) is 46.9 Å². The lowest BCUT2D eigenvalue weighted by atomic mass is 10.1. The maximum absolute atomic E-state index is 12.3. The highest BCUT2D eigenvalue weighted by Gasteiger charge is 2.15. The Morgan fingerprint density at radius 1 is 1.18 bits per heavy atom. The van der Waals surface area contributed by atoms with Gasteiger partial charge in [0.05, 0.1) is 19.0 Å². The monoisotopic (exact) mass is 311 g/mol. The zero-order valence-electron chi connectivity index (χ0n) is 12.1. The molecule has 3 aromatic rings. The van der Waals surface area contributed by atoms with Gasteiger partial charge in [-0.25, -0.2) is 0 Å². The fourth-order valence-corrected chi connectivity index (χ4v) is 3.04. The number of rotatable bonds is 6. The number of nitrogens with zero attached hydrogens (tertiary/aromatic N) is 2. The highest BCUT2D eigenvalue weighted by molar-refractivity contribution is 7.10. The van der Waals surface area contributed by atoms with Crippen molar-refractivity contribution in [1.82, 2.24) is 15.1 Å². The minimum absolute atomic E-state index is 0.0310. The Hall–Kier alpha value is -2.40. The molecule has 22 heavy (non-hydrogen) atoms. The van der Waals surface area contributed by atoms with Crippen molar-refractivity contribution in [2.75, 3.05) is 0 Å². The third kappa shape index (κ3) is 3.83. The van der Waals surface area contributed by atoms with Gasteiger partial charge in [0, 0.05) is 17.3 Å². The number of benzene rings is 1. The van der Waals surface area contributed by atoms with E-state index in [4.69, 9.17) is 0 Å². The summed E-state index contributed by atoms with van der Waals surface area (Å²) in [7, 11) is 0. The normalized spacial score (nSPS) is 12.0. The first-order chi connectivity index (χ1) is 10.8. The molecule has 0 bridgehead atoms. The second-order valence-electron chi connectivity index (χ2n) is 5.02. The van der Waals surface area contributed by atoms with Crippen molar-refractivity contribution < 1.29 is 4.79 Å². The van der Waals surface area contributed by atoms with E-state index in [1.165, 1.54) is 0 Å². The first-order valence-electron chi connectivity index (χ1n) is 7.15. The van der Waals surface area contributed by atoms with Gasteiger partial charge in [-0.1, -0.05) is 36.4 Å². The second-order valence-corrected chi connectivity index (χ2v) is 6.05. The van der Waals surface area contributed by atoms with E-state index in [0.29, 0.717) is 13.0 Å². The molecule has 2 aromatic heterocycles. The Labute approximate surface area is 133 Å². The average Bonchev–Trinajstić information content (AvgIpc) is 3.21. The molecule has 1 N–H and O–H groups in total. The van der Waals surface area contributed by atoms with E-state index in [2.05, 4.69) is 10.4 Å². The van der Waals surface area contributed by atoms with Gasteiger partial charge >= 0.3 is 0 Å². The van der Waals surface area contributed by atoms with E-state index in [0.717, 1.165) is 10.4 Å². The maximum Gasteiger partial charge on any atom is 0.225 e. The molecule has 0 spiro atoms. The molecule has 112 valence electrons. The zero-order valence-corrected chi connectivity index (χ0v) is 12.9. The van der Waals surface area contributed by atoms with E-state index >= 15 is 0 Å². The number of thiophene rings is 1. The fourth-order valence-electron chi connectivity index (χ4n) is 2.33. The van der Waals surface area contributed by atoms with Gasteiger partial charge in [-0.05, 0) is 23.1 Å². The molecule has 1 aromatic carbocycles. The van der Waals surface area contributed by atoms with Crippen molar-refractivity contribution in [3.63, 3.8) is 0 Å². The van der Waals surface area contributed by atoms with E-state index in [1.54, 1.807) is 17.5 Å². The summed E-state index contributed by atoms with van der Waals surface area (Å²) in [6.07, 6.45) is 4.07.